The normalized spacial score (nSPS) is 14.6. The van der Waals surface area contributed by atoms with Gasteiger partial charge >= 0.3 is 33.6 Å². The van der Waals surface area contributed by atoms with Crippen molar-refractivity contribution in [2.75, 3.05) is 39.6 Å². The van der Waals surface area contributed by atoms with E-state index in [1.165, 1.54) is 141 Å². The van der Waals surface area contributed by atoms with Crippen LogP contribution in [-0.2, 0) is 55.8 Å². The zero-order chi connectivity index (χ0) is 78.0. The predicted molar refractivity (Wildman–Crippen MR) is 445 cm³/mol. The van der Waals surface area contributed by atoms with E-state index in [0.29, 0.717) is 19.3 Å². The van der Waals surface area contributed by atoms with Crippen LogP contribution in [0.1, 0.15) is 355 Å². The molecule has 5 unspecified atom stereocenters. The molecule has 0 aliphatic heterocycles. The Morgan fingerprint density at radius 3 is 0.822 bits per heavy atom. The Morgan fingerprint density at radius 1 is 0.271 bits per heavy atom. The number of esters is 3. The van der Waals surface area contributed by atoms with Gasteiger partial charge < -0.3 is 34.2 Å². The van der Waals surface area contributed by atoms with Gasteiger partial charge in [-0.1, -0.05) is 334 Å². The molecule has 18 heteroatoms. The second-order valence-electron chi connectivity index (χ2n) is 28.2. The minimum Gasteiger partial charge on any atom is -0.463 e. The number of phosphoric ester groups is 2. The van der Waals surface area contributed by atoms with Crippen molar-refractivity contribution >= 4 is 33.6 Å². The smallest absolute Gasteiger partial charge is 0.463 e. The molecule has 0 fully saturated rings. The summed E-state index contributed by atoms with van der Waals surface area (Å²) < 4.78 is 61.2. The van der Waals surface area contributed by atoms with E-state index in [2.05, 4.69) is 154 Å². The first-order chi connectivity index (χ1) is 52.2. The fraction of sp³-hybridized carbons (Fsp3) is 0.719. The van der Waals surface area contributed by atoms with E-state index in [9.17, 15) is 43.5 Å². The summed E-state index contributed by atoms with van der Waals surface area (Å²) in [7, 11) is -9.80. The lowest BCUT2D eigenvalue weighted by Gasteiger charge is -2.21. The maximum atomic E-state index is 13.0. The van der Waals surface area contributed by atoms with Gasteiger partial charge in [0.05, 0.1) is 26.4 Å². The highest BCUT2D eigenvalue weighted by Gasteiger charge is 2.29. The molecule has 616 valence electrons. The van der Waals surface area contributed by atoms with Crippen LogP contribution in [0.25, 0.3) is 0 Å². The van der Waals surface area contributed by atoms with Gasteiger partial charge in [0.2, 0.25) is 0 Å². The monoisotopic (exact) mass is 1540 g/mol. The van der Waals surface area contributed by atoms with E-state index in [1.807, 2.05) is 0 Å². The van der Waals surface area contributed by atoms with Gasteiger partial charge in [0, 0.05) is 19.3 Å². The number of rotatable bonds is 80. The van der Waals surface area contributed by atoms with Gasteiger partial charge in [-0.3, -0.25) is 32.5 Å². The second-order valence-corrected chi connectivity index (χ2v) is 31.2. The summed E-state index contributed by atoms with van der Waals surface area (Å²) in [5, 5.41) is 20.7. The summed E-state index contributed by atoms with van der Waals surface area (Å²) in [6.07, 6.45) is 99.5. The average molecular weight is 1540 g/mol. The molecule has 0 spiro atoms. The lowest BCUT2D eigenvalue weighted by atomic mass is 10.0. The van der Waals surface area contributed by atoms with E-state index >= 15 is 0 Å². The van der Waals surface area contributed by atoms with Crippen LogP contribution in [0.15, 0.2) is 134 Å². The topological polar surface area (TPSA) is 231 Å². The van der Waals surface area contributed by atoms with Crippen molar-refractivity contribution < 1.29 is 75.8 Å². The van der Waals surface area contributed by atoms with E-state index < -0.39 is 91.5 Å². The molecule has 0 saturated heterocycles. The first-order valence-corrected chi connectivity index (χ1v) is 45.5. The van der Waals surface area contributed by atoms with Gasteiger partial charge in [-0.15, -0.1) is 0 Å². The highest BCUT2D eigenvalue weighted by molar-refractivity contribution is 7.47. The first kappa shape index (κ1) is 103. The number of hydrogen-bond donors (Lipinski definition) is 4. The molecule has 0 aliphatic rings. The van der Waals surface area contributed by atoms with Crippen LogP contribution in [0.4, 0.5) is 0 Å². The Morgan fingerprint density at radius 2 is 0.514 bits per heavy atom. The zero-order valence-electron chi connectivity index (χ0n) is 67.5. The summed E-state index contributed by atoms with van der Waals surface area (Å²) in [6.45, 7) is 2.48. The van der Waals surface area contributed by atoms with Crippen molar-refractivity contribution in [1.29, 1.82) is 0 Å². The number of hydrogen-bond acceptors (Lipinski definition) is 14. The molecule has 0 amide bonds. The Bertz CT molecular complexity index is 2480. The van der Waals surface area contributed by atoms with Gasteiger partial charge in [-0.2, -0.15) is 0 Å². The third-order valence-corrected chi connectivity index (χ3v) is 19.7. The van der Waals surface area contributed by atoms with Crippen molar-refractivity contribution in [2.45, 2.75) is 373 Å². The predicted octanol–water partition coefficient (Wildman–Crippen LogP) is 25.4. The average Bonchev–Trinajstić information content (AvgIpc) is 0.920. The number of aliphatic hydroxyl groups is 2. The van der Waals surface area contributed by atoms with Gasteiger partial charge in [0.15, 0.2) is 6.10 Å². The molecule has 0 heterocycles. The first-order valence-electron chi connectivity index (χ1n) is 42.5. The Hall–Kier alpha value is -4.31. The summed E-state index contributed by atoms with van der Waals surface area (Å²) in [5.74, 6) is -1.59. The molecular weight excluding hydrogens is 1390 g/mol. The summed E-state index contributed by atoms with van der Waals surface area (Å²) in [6, 6.07) is 0. The largest absolute Gasteiger partial charge is 0.472 e. The van der Waals surface area contributed by atoms with Crippen molar-refractivity contribution in [1.82, 2.24) is 0 Å². The minimum absolute atomic E-state index is 0.0849. The van der Waals surface area contributed by atoms with E-state index in [4.69, 9.17) is 32.3 Å². The van der Waals surface area contributed by atoms with Crippen LogP contribution in [0.2, 0.25) is 0 Å². The summed E-state index contributed by atoms with van der Waals surface area (Å²) in [4.78, 5) is 58.7. The third kappa shape index (κ3) is 82.5. The third-order valence-electron chi connectivity index (χ3n) is 17.8. The van der Waals surface area contributed by atoms with E-state index in [1.54, 1.807) is 0 Å². The summed E-state index contributed by atoms with van der Waals surface area (Å²) in [5.41, 5.74) is 0. The Kier molecular flexibility index (Phi) is 77.9. The van der Waals surface area contributed by atoms with Gasteiger partial charge in [-0.05, 0) is 135 Å². The lowest BCUT2D eigenvalue weighted by molar-refractivity contribution is -0.161. The van der Waals surface area contributed by atoms with Crippen molar-refractivity contribution in [3.05, 3.63) is 134 Å². The number of allylic oxidation sites excluding steroid dienone is 22. The fourth-order valence-corrected chi connectivity index (χ4v) is 13.0. The molecule has 0 rings (SSSR count). The summed E-state index contributed by atoms with van der Waals surface area (Å²) >= 11 is 0. The highest BCUT2D eigenvalue weighted by atomic mass is 31.2. The van der Waals surface area contributed by atoms with Crippen LogP contribution in [0.3, 0.4) is 0 Å². The Balaban J connectivity index is 4.42. The zero-order valence-corrected chi connectivity index (χ0v) is 69.3. The lowest BCUT2D eigenvalue weighted by Crippen LogP contribution is -2.30. The van der Waals surface area contributed by atoms with Gasteiger partial charge in [-0.25, -0.2) is 9.13 Å². The van der Waals surface area contributed by atoms with Crippen molar-refractivity contribution in [3.63, 3.8) is 0 Å². The number of aliphatic hydroxyl groups excluding tert-OH is 2. The van der Waals surface area contributed by atoms with Gasteiger partial charge in [0.25, 0.3) is 0 Å². The van der Waals surface area contributed by atoms with Crippen molar-refractivity contribution in [2.24, 2.45) is 0 Å². The molecule has 5 atom stereocenters. The number of phosphoric acid groups is 2. The minimum atomic E-state index is -4.94. The van der Waals surface area contributed by atoms with Crippen LogP contribution in [-0.4, -0.2) is 95.9 Å². The van der Waals surface area contributed by atoms with Crippen LogP contribution >= 0.6 is 15.6 Å². The standard InChI is InChI=1S/C89H154O16P2/c1-4-7-10-13-16-19-22-25-27-29-31-33-35-37-38-39-40-41-42-43-44-46-48-49-51-53-55-58-60-63-66-69-72-75-87(92)99-78-84(90)79-101-106(95,96)102-80-85(91)81-103-107(97,98)104-83-86(105-89(94)77-74-71-68-65-62-57-24-21-18-15-12-9-6-3)82-100-88(93)76-73-70-67-64-61-59-56-54-52-50-47-45-36-34-32-30-28-26-23-20-17-14-11-8-5-2/h8,11-12,15-17,19-21,24-28,31-34,37-38,45,47,84-86,90-91H,4-7,9-10,13-14,18,22-23,29-30,35-36,39-44,46,48-83H2,1-3H3,(H,95,96)(H,97,98)/b11-8-,15-12-,19-16-,20-17-,24-21-,27-25-,28-26-,33-31-,34-32-,38-37-,47-45-. The maximum Gasteiger partial charge on any atom is 0.472 e. The van der Waals surface area contributed by atoms with Crippen LogP contribution in [0.5, 0.6) is 0 Å². The number of unbranched alkanes of at least 4 members (excludes halogenated alkanes) is 35. The maximum absolute atomic E-state index is 13.0. The molecular formula is C89H154O16P2. The fourth-order valence-electron chi connectivity index (χ4n) is 11.4. The molecule has 4 N–H and O–H groups in total. The van der Waals surface area contributed by atoms with E-state index in [0.717, 1.165) is 154 Å². The molecule has 0 aromatic carbocycles. The number of carbonyl (C=O) groups excluding carboxylic acids is 3. The molecule has 0 bridgehead atoms. The quantitative estimate of drug-likeness (QED) is 0.0146. The molecule has 0 aromatic rings. The van der Waals surface area contributed by atoms with Crippen LogP contribution < -0.4 is 0 Å². The molecule has 0 saturated carbocycles. The molecule has 0 aromatic heterocycles. The molecule has 0 aliphatic carbocycles. The number of carbonyl (C=O) groups is 3. The second kappa shape index (κ2) is 81.2. The molecule has 0 radical (unpaired) electrons. The SMILES string of the molecule is CC/C=C\C/C=C\C/C=C\C/C=C\C/C=C\CCCCCCCCCCCC(=O)OCC(COP(=O)(O)OCC(O)COP(=O)(O)OCC(O)COC(=O)CCCCCCCCCCCCCCCCCCC/C=C\C/C=C\C/C=C\C/C=C\CCCCC)OC(=O)CCCCCCC/C=C\C/C=C\CCC. The van der Waals surface area contributed by atoms with E-state index in [-0.39, 0.29) is 19.3 Å². The van der Waals surface area contributed by atoms with Gasteiger partial charge in [0.1, 0.15) is 25.4 Å². The highest BCUT2D eigenvalue weighted by Crippen LogP contribution is 2.45. The Labute approximate surface area is 652 Å². The number of ether oxygens (including phenoxy) is 3. The molecule has 107 heavy (non-hydrogen) atoms. The molecule has 16 nitrogen and oxygen atoms in total. The van der Waals surface area contributed by atoms with Crippen molar-refractivity contribution in [3.8, 4) is 0 Å². The van der Waals surface area contributed by atoms with Crippen LogP contribution in [0, 0.1) is 0 Å².